The van der Waals surface area contributed by atoms with E-state index in [-0.39, 0.29) is 5.91 Å². The fourth-order valence-electron chi connectivity index (χ4n) is 4.34. The lowest BCUT2D eigenvalue weighted by Gasteiger charge is -2.19. The largest absolute Gasteiger partial charge is 0.331 e. The van der Waals surface area contributed by atoms with Crippen LogP contribution in [0.3, 0.4) is 0 Å². The van der Waals surface area contributed by atoms with E-state index in [1.807, 2.05) is 41.4 Å². The van der Waals surface area contributed by atoms with Crippen molar-refractivity contribution in [1.29, 1.82) is 0 Å². The summed E-state index contributed by atoms with van der Waals surface area (Å²) in [7, 11) is 0. The molecule has 0 saturated heterocycles. The maximum absolute atomic E-state index is 13.7. The Hall–Kier alpha value is -3.04. The number of carbonyl (C=O) groups is 1. The highest BCUT2D eigenvalue weighted by Crippen LogP contribution is 2.42. The van der Waals surface area contributed by atoms with Crippen LogP contribution in [0.15, 0.2) is 79.0 Å². The number of carbonyl (C=O) groups excluding carboxylic acids is 1. The molecule has 150 valence electrons. The number of fused-ring (bicyclic) bond motifs is 2. The first-order chi connectivity index (χ1) is 14.5. The van der Waals surface area contributed by atoms with Crippen molar-refractivity contribution in [2.45, 2.75) is 32.4 Å². The lowest BCUT2D eigenvalue weighted by atomic mass is 10.0. The second-order valence-corrected chi connectivity index (χ2v) is 8.64. The number of hydrogen-bond donors (Lipinski definition) is 0. The van der Waals surface area contributed by atoms with Crippen molar-refractivity contribution in [1.82, 2.24) is 4.57 Å². The Kier molecular flexibility index (Phi) is 4.63. The predicted molar refractivity (Wildman–Crippen MR) is 123 cm³/mol. The highest BCUT2D eigenvalue weighted by atomic mass is 35.5. The molecule has 1 aromatic heterocycles. The maximum atomic E-state index is 13.7. The van der Waals surface area contributed by atoms with Crippen molar-refractivity contribution in [3.05, 3.63) is 101 Å². The molecule has 1 unspecified atom stereocenters. The molecule has 1 aliphatic heterocycles. The van der Waals surface area contributed by atoms with Crippen LogP contribution >= 0.6 is 11.6 Å². The SMILES string of the molecule is CC(C)c1ccc(CN2C(=O)C(n3ccc4ccccc43)c3cc(Cl)ccc32)cc1. The van der Waals surface area contributed by atoms with E-state index < -0.39 is 6.04 Å². The van der Waals surface area contributed by atoms with Crippen LogP contribution in [0.1, 0.15) is 42.5 Å². The van der Waals surface area contributed by atoms with Gasteiger partial charge in [-0.1, -0.05) is 67.9 Å². The summed E-state index contributed by atoms with van der Waals surface area (Å²) >= 11 is 6.33. The normalized spacial score (nSPS) is 15.9. The minimum atomic E-state index is -0.409. The van der Waals surface area contributed by atoms with Gasteiger partial charge in [-0.15, -0.1) is 0 Å². The van der Waals surface area contributed by atoms with Crippen molar-refractivity contribution in [3.8, 4) is 0 Å². The van der Waals surface area contributed by atoms with Gasteiger partial charge in [-0.05, 0) is 52.8 Å². The molecule has 0 radical (unpaired) electrons. The van der Waals surface area contributed by atoms with Crippen LogP contribution in [-0.2, 0) is 11.3 Å². The molecule has 0 N–H and O–H groups in total. The van der Waals surface area contributed by atoms with Gasteiger partial charge < -0.3 is 9.47 Å². The molecule has 0 spiro atoms. The fourth-order valence-corrected chi connectivity index (χ4v) is 4.52. The summed E-state index contributed by atoms with van der Waals surface area (Å²) in [6.45, 7) is 4.91. The van der Waals surface area contributed by atoms with Crippen LogP contribution in [-0.4, -0.2) is 10.5 Å². The van der Waals surface area contributed by atoms with Gasteiger partial charge in [-0.3, -0.25) is 4.79 Å². The third kappa shape index (κ3) is 3.10. The van der Waals surface area contributed by atoms with Crippen LogP contribution in [0.2, 0.25) is 5.02 Å². The lowest BCUT2D eigenvalue weighted by molar-refractivity contribution is -0.119. The van der Waals surface area contributed by atoms with Gasteiger partial charge in [0.15, 0.2) is 0 Å². The first-order valence-corrected chi connectivity index (χ1v) is 10.7. The van der Waals surface area contributed by atoms with Crippen LogP contribution in [0, 0.1) is 0 Å². The van der Waals surface area contributed by atoms with Gasteiger partial charge in [0.25, 0.3) is 5.91 Å². The van der Waals surface area contributed by atoms with Crippen LogP contribution in [0.5, 0.6) is 0 Å². The van der Waals surface area contributed by atoms with E-state index >= 15 is 0 Å². The van der Waals surface area contributed by atoms with Crippen LogP contribution < -0.4 is 4.90 Å². The van der Waals surface area contributed by atoms with E-state index in [2.05, 4.69) is 60.9 Å². The number of aromatic nitrogens is 1. The monoisotopic (exact) mass is 414 g/mol. The molecule has 0 aliphatic carbocycles. The van der Waals surface area contributed by atoms with Gasteiger partial charge >= 0.3 is 0 Å². The number of rotatable bonds is 4. The van der Waals surface area contributed by atoms with Gasteiger partial charge in [0.2, 0.25) is 0 Å². The number of halogens is 1. The molecule has 5 rings (SSSR count). The molecule has 30 heavy (non-hydrogen) atoms. The Morgan fingerprint density at radius 3 is 2.50 bits per heavy atom. The molecule has 3 aromatic carbocycles. The second-order valence-electron chi connectivity index (χ2n) is 8.21. The summed E-state index contributed by atoms with van der Waals surface area (Å²) in [6, 6.07) is 24.1. The van der Waals surface area contributed by atoms with Gasteiger partial charge in [-0.25, -0.2) is 0 Å². The van der Waals surface area contributed by atoms with E-state index in [4.69, 9.17) is 11.6 Å². The van der Waals surface area contributed by atoms with Gasteiger partial charge in [0, 0.05) is 22.3 Å². The maximum Gasteiger partial charge on any atom is 0.255 e. The summed E-state index contributed by atoms with van der Waals surface area (Å²) in [5.74, 6) is 0.559. The van der Waals surface area contributed by atoms with E-state index in [0.717, 1.165) is 27.7 Å². The van der Waals surface area contributed by atoms with Crippen LogP contribution in [0.4, 0.5) is 5.69 Å². The molecule has 3 nitrogen and oxygen atoms in total. The Balaban J connectivity index is 1.56. The molecule has 0 saturated carbocycles. The molecule has 0 fully saturated rings. The topological polar surface area (TPSA) is 25.2 Å². The number of hydrogen-bond acceptors (Lipinski definition) is 1. The average Bonchev–Trinajstić information content (AvgIpc) is 3.27. The Labute approximate surface area is 181 Å². The number of para-hydroxylation sites is 1. The van der Waals surface area contributed by atoms with E-state index in [1.165, 1.54) is 5.56 Å². The van der Waals surface area contributed by atoms with Gasteiger partial charge in [-0.2, -0.15) is 0 Å². The lowest BCUT2D eigenvalue weighted by Crippen LogP contribution is -2.30. The van der Waals surface area contributed by atoms with E-state index in [0.29, 0.717) is 17.5 Å². The second kappa shape index (κ2) is 7.33. The zero-order valence-corrected chi connectivity index (χ0v) is 17.8. The third-order valence-corrected chi connectivity index (χ3v) is 6.20. The van der Waals surface area contributed by atoms with E-state index in [1.54, 1.807) is 0 Å². The minimum absolute atomic E-state index is 0.0709. The zero-order valence-electron chi connectivity index (χ0n) is 17.0. The van der Waals surface area contributed by atoms with Crippen molar-refractivity contribution in [3.63, 3.8) is 0 Å². The van der Waals surface area contributed by atoms with Crippen molar-refractivity contribution in [2.24, 2.45) is 0 Å². The van der Waals surface area contributed by atoms with Crippen LogP contribution in [0.25, 0.3) is 10.9 Å². The first kappa shape index (κ1) is 19.0. The Morgan fingerprint density at radius 2 is 1.73 bits per heavy atom. The summed E-state index contributed by atoms with van der Waals surface area (Å²) in [4.78, 5) is 15.5. The molecule has 1 atom stereocenters. The zero-order chi connectivity index (χ0) is 20.8. The number of anilines is 1. The van der Waals surface area contributed by atoms with Crippen molar-refractivity contribution < 1.29 is 4.79 Å². The Morgan fingerprint density at radius 1 is 0.967 bits per heavy atom. The summed E-state index contributed by atoms with van der Waals surface area (Å²) in [5, 5.41) is 1.77. The molecule has 2 heterocycles. The molecule has 1 aliphatic rings. The smallest absolute Gasteiger partial charge is 0.255 e. The molecule has 0 bridgehead atoms. The highest BCUT2D eigenvalue weighted by Gasteiger charge is 2.39. The first-order valence-electron chi connectivity index (χ1n) is 10.3. The molecule has 4 aromatic rings. The third-order valence-electron chi connectivity index (χ3n) is 5.97. The van der Waals surface area contributed by atoms with Crippen molar-refractivity contribution >= 4 is 34.1 Å². The summed E-state index contributed by atoms with van der Waals surface area (Å²) < 4.78 is 2.06. The summed E-state index contributed by atoms with van der Waals surface area (Å²) in [5.41, 5.74) is 5.35. The predicted octanol–water partition coefficient (Wildman–Crippen LogP) is 6.55. The van der Waals surface area contributed by atoms with E-state index in [9.17, 15) is 4.79 Å². The van der Waals surface area contributed by atoms with Gasteiger partial charge in [0.05, 0.1) is 12.2 Å². The highest BCUT2D eigenvalue weighted by molar-refractivity contribution is 6.31. The van der Waals surface area contributed by atoms with Gasteiger partial charge in [0.1, 0.15) is 6.04 Å². The average molecular weight is 415 g/mol. The molecule has 1 amide bonds. The van der Waals surface area contributed by atoms with Crippen molar-refractivity contribution in [2.75, 3.05) is 4.90 Å². The number of nitrogens with zero attached hydrogens (tertiary/aromatic N) is 2. The fraction of sp³-hybridized carbons (Fsp3) is 0.192. The number of amides is 1. The standard InChI is InChI=1S/C26H23ClN2O/c1-17(2)19-9-7-18(8-10-19)16-29-24-12-11-21(27)15-22(24)25(26(29)30)28-14-13-20-5-3-4-6-23(20)28/h3-15,17,25H,16H2,1-2H3. The molecule has 4 heteroatoms. The molecular weight excluding hydrogens is 392 g/mol. The summed E-state index contributed by atoms with van der Waals surface area (Å²) in [6.07, 6.45) is 2.00. The number of benzene rings is 3. The quantitative estimate of drug-likeness (QED) is 0.371. The Bertz CT molecular complexity index is 1240. The molecular formula is C26H23ClN2O. The minimum Gasteiger partial charge on any atom is -0.331 e.